The zero-order valence-corrected chi connectivity index (χ0v) is 9.12. The zero-order chi connectivity index (χ0) is 9.73. The number of carbonyl (C=O) groups excluding carboxylic acids is 1. The van der Waals surface area contributed by atoms with Crippen LogP contribution in [0.15, 0.2) is 12.2 Å². The molecule has 1 rings (SSSR count). The van der Waals surface area contributed by atoms with E-state index in [2.05, 4.69) is 12.2 Å². The first-order valence-electron chi connectivity index (χ1n) is 4.71. The van der Waals surface area contributed by atoms with Gasteiger partial charge in [0.1, 0.15) is 0 Å². The van der Waals surface area contributed by atoms with Crippen LogP contribution >= 0.6 is 11.8 Å². The fourth-order valence-electron chi connectivity index (χ4n) is 1.46. The third-order valence-electron chi connectivity index (χ3n) is 2.26. The Morgan fingerprint density at radius 1 is 1.69 bits per heavy atom. The number of nitrogens with one attached hydrogen (secondary N) is 1. The lowest BCUT2D eigenvalue weighted by atomic mass is 10.1. The average Bonchev–Trinajstić information content (AvgIpc) is 2.51. The molecular weight excluding hydrogens is 182 g/mol. The molecule has 1 atom stereocenters. The molecule has 0 spiro atoms. The minimum atomic E-state index is 0.0243. The van der Waals surface area contributed by atoms with E-state index < -0.39 is 0 Å². The van der Waals surface area contributed by atoms with Gasteiger partial charge in [-0.15, -0.1) is 0 Å². The molecule has 3 heteroatoms. The Morgan fingerprint density at radius 2 is 2.46 bits per heavy atom. The zero-order valence-electron chi connectivity index (χ0n) is 8.30. The Morgan fingerprint density at radius 3 is 3.00 bits per heavy atom. The van der Waals surface area contributed by atoms with E-state index in [9.17, 15) is 4.79 Å². The molecule has 0 radical (unpaired) electrons. The fourth-order valence-corrected chi connectivity index (χ4v) is 2.71. The summed E-state index contributed by atoms with van der Waals surface area (Å²) in [5, 5.41) is 2.92. The molecule has 0 saturated carbocycles. The lowest BCUT2D eigenvalue weighted by Gasteiger charge is -2.22. The summed E-state index contributed by atoms with van der Waals surface area (Å²) in [5.41, 5.74) is 0. The van der Waals surface area contributed by atoms with Crippen LogP contribution in [0.4, 0.5) is 0 Å². The predicted octanol–water partition coefficient (Wildman–Crippen LogP) is 1.96. The number of amides is 1. The van der Waals surface area contributed by atoms with E-state index in [1.54, 1.807) is 12.2 Å². The number of rotatable bonds is 3. The molecule has 1 heterocycles. The Hall–Kier alpha value is -0.440. The molecule has 0 aliphatic carbocycles. The average molecular weight is 199 g/mol. The summed E-state index contributed by atoms with van der Waals surface area (Å²) < 4.78 is 0.275. The van der Waals surface area contributed by atoms with Crippen molar-refractivity contribution in [2.45, 2.75) is 31.4 Å². The Balaban J connectivity index is 2.28. The smallest absolute Gasteiger partial charge is 0.243 e. The molecule has 1 saturated heterocycles. The van der Waals surface area contributed by atoms with Crippen molar-refractivity contribution in [3.8, 4) is 0 Å². The summed E-state index contributed by atoms with van der Waals surface area (Å²) >= 11 is 1.97. The highest BCUT2D eigenvalue weighted by atomic mass is 32.2. The van der Waals surface area contributed by atoms with E-state index >= 15 is 0 Å². The molecule has 1 fully saturated rings. The van der Waals surface area contributed by atoms with Crippen LogP contribution in [0.5, 0.6) is 0 Å². The predicted molar refractivity (Wildman–Crippen MR) is 57.9 cm³/mol. The second-order valence-electron chi connectivity index (χ2n) is 3.62. The quantitative estimate of drug-likeness (QED) is 0.704. The third kappa shape index (κ3) is 3.43. The van der Waals surface area contributed by atoms with Gasteiger partial charge in [-0.25, -0.2) is 0 Å². The van der Waals surface area contributed by atoms with Crippen LogP contribution < -0.4 is 5.32 Å². The van der Waals surface area contributed by atoms with E-state index in [1.165, 1.54) is 18.6 Å². The standard InChI is InChI=1S/C10H17NOS/c1-3-5-9(12)11-8-10(2)6-4-7-13-10/h3,5H,4,6-8H2,1-2H3,(H,11,12)/b5-3+. The van der Waals surface area contributed by atoms with Crippen molar-refractivity contribution in [1.82, 2.24) is 5.32 Å². The van der Waals surface area contributed by atoms with Gasteiger partial charge in [0.05, 0.1) is 0 Å². The van der Waals surface area contributed by atoms with E-state index in [-0.39, 0.29) is 10.7 Å². The molecule has 1 N–H and O–H groups in total. The van der Waals surface area contributed by atoms with E-state index in [4.69, 9.17) is 0 Å². The minimum Gasteiger partial charge on any atom is -0.351 e. The Kier molecular flexibility index (Phi) is 3.85. The van der Waals surface area contributed by atoms with Gasteiger partial charge in [-0.1, -0.05) is 6.08 Å². The molecule has 0 bridgehead atoms. The van der Waals surface area contributed by atoms with Crippen LogP contribution in [0.25, 0.3) is 0 Å². The molecule has 1 unspecified atom stereocenters. The van der Waals surface area contributed by atoms with Gasteiger partial charge in [0.2, 0.25) is 5.91 Å². The molecule has 1 aliphatic heterocycles. The summed E-state index contributed by atoms with van der Waals surface area (Å²) in [5.74, 6) is 1.26. The monoisotopic (exact) mass is 199 g/mol. The number of hydrogen-bond donors (Lipinski definition) is 1. The number of carbonyl (C=O) groups is 1. The molecule has 0 aromatic carbocycles. The summed E-state index contributed by atoms with van der Waals surface area (Å²) in [4.78, 5) is 11.1. The van der Waals surface area contributed by atoms with Crippen LogP contribution in [-0.2, 0) is 4.79 Å². The molecule has 74 valence electrons. The molecule has 13 heavy (non-hydrogen) atoms. The first kappa shape index (κ1) is 10.6. The van der Waals surface area contributed by atoms with Crippen molar-refractivity contribution in [1.29, 1.82) is 0 Å². The van der Waals surface area contributed by atoms with Crippen molar-refractivity contribution in [2.24, 2.45) is 0 Å². The molecule has 0 aromatic heterocycles. The van der Waals surface area contributed by atoms with Gasteiger partial charge in [-0.2, -0.15) is 11.8 Å². The summed E-state index contributed by atoms with van der Waals surface area (Å²) in [6.45, 7) is 4.87. The highest BCUT2D eigenvalue weighted by molar-refractivity contribution is 8.00. The van der Waals surface area contributed by atoms with E-state index in [0.717, 1.165) is 6.54 Å². The number of thioether (sulfide) groups is 1. The van der Waals surface area contributed by atoms with Crippen LogP contribution in [0, 0.1) is 0 Å². The highest BCUT2D eigenvalue weighted by Crippen LogP contribution is 2.36. The van der Waals surface area contributed by atoms with Gasteiger partial charge < -0.3 is 5.32 Å². The third-order valence-corrected chi connectivity index (χ3v) is 3.79. The summed E-state index contributed by atoms with van der Waals surface area (Å²) in [6.07, 6.45) is 5.83. The largest absolute Gasteiger partial charge is 0.351 e. The maximum Gasteiger partial charge on any atom is 0.243 e. The van der Waals surface area contributed by atoms with E-state index in [0.29, 0.717) is 0 Å². The van der Waals surface area contributed by atoms with Crippen LogP contribution in [0.1, 0.15) is 26.7 Å². The Labute approximate surface area is 84.2 Å². The maximum absolute atomic E-state index is 11.1. The fraction of sp³-hybridized carbons (Fsp3) is 0.700. The lowest BCUT2D eigenvalue weighted by Crippen LogP contribution is -2.35. The Bertz CT molecular complexity index is 207. The molecular formula is C10H17NOS. The van der Waals surface area contributed by atoms with Gasteiger partial charge in [0, 0.05) is 11.3 Å². The number of allylic oxidation sites excluding steroid dienone is 1. The number of hydrogen-bond acceptors (Lipinski definition) is 2. The second kappa shape index (κ2) is 4.70. The van der Waals surface area contributed by atoms with Gasteiger partial charge >= 0.3 is 0 Å². The van der Waals surface area contributed by atoms with Crippen molar-refractivity contribution in [3.63, 3.8) is 0 Å². The molecule has 1 amide bonds. The lowest BCUT2D eigenvalue weighted by molar-refractivity contribution is -0.116. The summed E-state index contributed by atoms with van der Waals surface area (Å²) in [7, 11) is 0. The van der Waals surface area contributed by atoms with Crippen molar-refractivity contribution >= 4 is 17.7 Å². The highest BCUT2D eigenvalue weighted by Gasteiger charge is 2.29. The maximum atomic E-state index is 11.1. The first-order chi connectivity index (χ1) is 6.16. The second-order valence-corrected chi connectivity index (χ2v) is 5.30. The minimum absolute atomic E-state index is 0.0243. The SMILES string of the molecule is C/C=C/C(=O)NCC1(C)CCCS1. The normalized spacial score (nSPS) is 28.2. The van der Waals surface area contributed by atoms with Gasteiger partial charge in [-0.05, 0) is 38.5 Å². The van der Waals surface area contributed by atoms with Gasteiger partial charge in [-0.3, -0.25) is 4.79 Å². The molecule has 2 nitrogen and oxygen atoms in total. The van der Waals surface area contributed by atoms with E-state index in [1.807, 2.05) is 18.7 Å². The summed E-state index contributed by atoms with van der Waals surface area (Å²) in [6, 6.07) is 0. The van der Waals surface area contributed by atoms with Crippen molar-refractivity contribution in [3.05, 3.63) is 12.2 Å². The van der Waals surface area contributed by atoms with Gasteiger partial charge in [0.15, 0.2) is 0 Å². The van der Waals surface area contributed by atoms with Gasteiger partial charge in [0.25, 0.3) is 0 Å². The molecule has 1 aliphatic rings. The van der Waals surface area contributed by atoms with Crippen LogP contribution in [0.3, 0.4) is 0 Å². The molecule has 0 aromatic rings. The van der Waals surface area contributed by atoms with Crippen LogP contribution in [-0.4, -0.2) is 23.0 Å². The topological polar surface area (TPSA) is 29.1 Å². The van der Waals surface area contributed by atoms with Crippen LogP contribution in [0.2, 0.25) is 0 Å². The first-order valence-corrected chi connectivity index (χ1v) is 5.69. The van der Waals surface area contributed by atoms with Crippen molar-refractivity contribution in [2.75, 3.05) is 12.3 Å². The van der Waals surface area contributed by atoms with Crippen molar-refractivity contribution < 1.29 is 4.79 Å².